The van der Waals surface area contributed by atoms with Gasteiger partial charge in [-0.3, -0.25) is 0 Å². The van der Waals surface area contributed by atoms with Crippen molar-refractivity contribution in [2.24, 2.45) is 5.73 Å². The highest BCUT2D eigenvalue weighted by atomic mass is 16.5. The molecule has 0 spiro atoms. The highest BCUT2D eigenvalue weighted by Crippen LogP contribution is 2.14. The van der Waals surface area contributed by atoms with Gasteiger partial charge in [0.05, 0.1) is 0 Å². The van der Waals surface area contributed by atoms with Crippen LogP contribution in [0.2, 0.25) is 0 Å². The van der Waals surface area contributed by atoms with E-state index in [9.17, 15) is 0 Å². The minimum atomic E-state index is 0.0118. The minimum Gasteiger partial charge on any atom is -0.364 e. The molecule has 0 aliphatic rings. The Bertz CT molecular complexity index is 393. The molecule has 0 radical (unpaired) electrons. The van der Waals surface area contributed by atoms with Gasteiger partial charge in [0, 0.05) is 18.5 Å². The summed E-state index contributed by atoms with van der Waals surface area (Å²) >= 11 is 0. The van der Waals surface area contributed by atoms with Crippen LogP contribution in [0.5, 0.6) is 0 Å². The van der Waals surface area contributed by atoms with Crippen LogP contribution in [-0.2, 0) is 6.42 Å². The molecule has 14 heavy (non-hydrogen) atoms. The van der Waals surface area contributed by atoms with E-state index in [1.54, 1.807) is 6.07 Å². The summed E-state index contributed by atoms with van der Waals surface area (Å²) in [6.45, 7) is 1.88. The standard InChI is InChI=1S/C8H10N4O2/c1-5(9)4-7-10-8(14-12-7)6-2-3-13-11-6/h2-3,5H,4,9H2,1H3. The molecule has 2 N–H and O–H groups in total. The number of aromatic nitrogens is 3. The van der Waals surface area contributed by atoms with E-state index in [1.807, 2.05) is 6.92 Å². The van der Waals surface area contributed by atoms with Gasteiger partial charge >= 0.3 is 0 Å². The predicted molar refractivity (Wildman–Crippen MR) is 47.1 cm³/mol. The first-order valence-corrected chi connectivity index (χ1v) is 4.24. The zero-order valence-electron chi connectivity index (χ0n) is 7.67. The Labute approximate surface area is 80.1 Å². The lowest BCUT2D eigenvalue weighted by Crippen LogP contribution is -2.18. The maximum atomic E-state index is 5.60. The van der Waals surface area contributed by atoms with E-state index in [0.717, 1.165) is 0 Å². The van der Waals surface area contributed by atoms with Crippen LogP contribution in [-0.4, -0.2) is 21.3 Å². The largest absolute Gasteiger partial charge is 0.364 e. The van der Waals surface area contributed by atoms with E-state index >= 15 is 0 Å². The van der Waals surface area contributed by atoms with Gasteiger partial charge in [0.15, 0.2) is 11.5 Å². The van der Waals surface area contributed by atoms with Crippen LogP contribution < -0.4 is 5.73 Å². The topological polar surface area (TPSA) is 91.0 Å². The lowest BCUT2D eigenvalue weighted by Gasteiger charge is -1.96. The third-order valence-electron chi connectivity index (χ3n) is 1.63. The number of nitrogens with two attached hydrogens (primary N) is 1. The Morgan fingerprint density at radius 1 is 1.50 bits per heavy atom. The van der Waals surface area contributed by atoms with Crippen molar-refractivity contribution in [2.75, 3.05) is 0 Å². The van der Waals surface area contributed by atoms with Gasteiger partial charge in [0.2, 0.25) is 0 Å². The molecule has 2 aromatic heterocycles. The van der Waals surface area contributed by atoms with Gasteiger partial charge < -0.3 is 14.8 Å². The molecule has 1 unspecified atom stereocenters. The fraction of sp³-hybridized carbons (Fsp3) is 0.375. The van der Waals surface area contributed by atoms with Crippen LogP contribution in [0.1, 0.15) is 12.7 Å². The first-order valence-electron chi connectivity index (χ1n) is 4.24. The van der Waals surface area contributed by atoms with E-state index in [0.29, 0.717) is 23.8 Å². The zero-order valence-corrected chi connectivity index (χ0v) is 7.67. The molecule has 0 amide bonds. The summed E-state index contributed by atoms with van der Waals surface area (Å²) in [7, 11) is 0. The second kappa shape index (κ2) is 3.59. The second-order valence-corrected chi connectivity index (χ2v) is 3.08. The maximum Gasteiger partial charge on any atom is 0.280 e. The van der Waals surface area contributed by atoms with Gasteiger partial charge in [0.25, 0.3) is 5.89 Å². The van der Waals surface area contributed by atoms with E-state index in [1.165, 1.54) is 6.26 Å². The molecule has 6 heteroatoms. The quantitative estimate of drug-likeness (QED) is 0.769. The Kier molecular flexibility index (Phi) is 2.28. The normalized spacial score (nSPS) is 13.0. The molecule has 0 fully saturated rings. The van der Waals surface area contributed by atoms with Crippen molar-refractivity contribution in [1.29, 1.82) is 0 Å². The first-order chi connectivity index (χ1) is 6.75. The summed E-state index contributed by atoms with van der Waals surface area (Å²) in [6.07, 6.45) is 2.03. The summed E-state index contributed by atoms with van der Waals surface area (Å²) in [5.41, 5.74) is 6.13. The van der Waals surface area contributed by atoms with Crippen LogP contribution in [0.25, 0.3) is 11.6 Å². The summed E-state index contributed by atoms with van der Waals surface area (Å²) in [5, 5.41) is 7.44. The van der Waals surface area contributed by atoms with Crippen LogP contribution in [0.15, 0.2) is 21.4 Å². The molecule has 0 saturated carbocycles. The van der Waals surface area contributed by atoms with E-state index in [2.05, 4.69) is 19.8 Å². The molecule has 0 aliphatic carbocycles. The lowest BCUT2D eigenvalue weighted by molar-refractivity contribution is 0.401. The van der Waals surface area contributed by atoms with Crippen molar-refractivity contribution < 1.29 is 9.05 Å². The van der Waals surface area contributed by atoms with Gasteiger partial charge in [-0.2, -0.15) is 4.98 Å². The zero-order chi connectivity index (χ0) is 9.97. The monoisotopic (exact) mass is 194 g/mol. The summed E-state index contributed by atoms with van der Waals surface area (Å²) in [5.74, 6) is 0.937. The number of rotatable bonds is 3. The molecule has 0 aromatic carbocycles. The Morgan fingerprint density at radius 3 is 3.00 bits per heavy atom. The number of nitrogens with zero attached hydrogens (tertiary/aromatic N) is 3. The van der Waals surface area contributed by atoms with Crippen molar-refractivity contribution in [3.63, 3.8) is 0 Å². The second-order valence-electron chi connectivity index (χ2n) is 3.08. The maximum absolute atomic E-state index is 5.60. The van der Waals surface area contributed by atoms with E-state index < -0.39 is 0 Å². The lowest BCUT2D eigenvalue weighted by atomic mass is 10.2. The molecule has 6 nitrogen and oxygen atoms in total. The fourth-order valence-corrected chi connectivity index (χ4v) is 1.05. The van der Waals surface area contributed by atoms with E-state index in [-0.39, 0.29) is 6.04 Å². The Morgan fingerprint density at radius 2 is 2.36 bits per heavy atom. The first kappa shape index (κ1) is 8.89. The smallest absolute Gasteiger partial charge is 0.280 e. The SMILES string of the molecule is CC(N)Cc1noc(-c2ccon2)n1. The third-order valence-corrected chi connectivity index (χ3v) is 1.63. The molecule has 2 heterocycles. The molecule has 2 aromatic rings. The molecule has 74 valence electrons. The van der Waals surface area contributed by atoms with Crippen LogP contribution in [0, 0.1) is 0 Å². The van der Waals surface area contributed by atoms with Crippen LogP contribution in [0.3, 0.4) is 0 Å². The number of hydrogen-bond acceptors (Lipinski definition) is 6. The molecule has 0 aliphatic heterocycles. The predicted octanol–water partition coefficient (Wildman–Crippen LogP) is 0.614. The van der Waals surface area contributed by atoms with Crippen LogP contribution in [0.4, 0.5) is 0 Å². The van der Waals surface area contributed by atoms with Gasteiger partial charge in [-0.25, -0.2) is 0 Å². The van der Waals surface area contributed by atoms with Crippen molar-refractivity contribution >= 4 is 0 Å². The molecule has 0 bridgehead atoms. The number of hydrogen-bond donors (Lipinski definition) is 1. The molecular formula is C8H10N4O2. The van der Waals surface area contributed by atoms with E-state index in [4.69, 9.17) is 10.3 Å². The summed E-state index contributed by atoms with van der Waals surface area (Å²) in [6, 6.07) is 1.67. The van der Waals surface area contributed by atoms with Crippen molar-refractivity contribution in [3.8, 4) is 11.6 Å². The van der Waals surface area contributed by atoms with Crippen LogP contribution >= 0.6 is 0 Å². The van der Waals surface area contributed by atoms with Gasteiger partial charge in [-0.15, -0.1) is 0 Å². The Hall–Kier alpha value is -1.69. The highest BCUT2D eigenvalue weighted by molar-refractivity contribution is 5.43. The molecule has 2 rings (SSSR count). The minimum absolute atomic E-state index is 0.0118. The Balaban J connectivity index is 2.18. The van der Waals surface area contributed by atoms with Gasteiger partial charge in [-0.1, -0.05) is 10.3 Å². The molecule has 0 saturated heterocycles. The average molecular weight is 194 g/mol. The average Bonchev–Trinajstić information content (AvgIpc) is 2.69. The summed E-state index contributed by atoms with van der Waals surface area (Å²) < 4.78 is 9.63. The van der Waals surface area contributed by atoms with Crippen molar-refractivity contribution in [1.82, 2.24) is 15.3 Å². The van der Waals surface area contributed by atoms with Gasteiger partial charge in [-0.05, 0) is 6.92 Å². The highest BCUT2D eigenvalue weighted by Gasteiger charge is 2.11. The van der Waals surface area contributed by atoms with Crippen molar-refractivity contribution in [2.45, 2.75) is 19.4 Å². The summed E-state index contributed by atoms with van der Waals surface area (Å²) in [4.78, 5) is 4.11. The van der Waals surface area contributed by atoms with Gasteiger partial charge in [0.1, 0.15) is 6.26 Å². The molecule has 1 atom stereocenters. The van der Waals surface area contributed by atoms with Crippen molar-refractivity contribution in [3.05, 3.63) is 18.2 Å². The third kappa shape index (κ3) is 1.80. The fourth-order valence-electron chi connectivity index (χ4n) is 1.05. The molecular weight excluding hydrogens is 184 g/mol.